The number of nitrogens with zero attached hydrogens (tertiary/aromatic N) is 1. The van der Waals surface area contributed by atoms with E-state index in [9.17, 15) is 0 Å². The van der Waals surface area contributed by atoms with E-state index in [1.807, 2.05) is 23.9 Å². The van der Waals surface area contributed by atoms with E-state index < -0.39 is 0 Å². The quantitative estimate of drug-likeness (QED) is 0.903. The van der Waals surface area contributed by atoms with E-state index in [1.54, 1.807) is 7.11 Å². The third kappa shape index (κ3) is 4.44. The van der Waals surface area contributed by atoms with Crippen molar-refractivity contribution in [3.05, 3.63) is 29.8 Å². The first kappa shape index (κ1) is 15.2. The summed E-state index contributed by atoms with van der Waals surface area (Å²) in [4.78, 5) is 4.69. The molecule has 20 heavy (non-hydrogen) atoms. The molecule has 4 heteroatoms. The summed E-state index contributed by atoms with van der Waals surface area (Å²) in [6, 6.07) is 8.79. The van der Waals surface area contributed by atoms with Crippen molar-refractivity contribution < 1.29 is 4.74 Å². The number of aliphatic imine (C=N–C) groups is 1. The summed E-state index contributed by atoms with van der Waals surface area (Å²) in [7, 11) is 1.70. The fraction of sp³-hybridized carbons (Fsp3) is 0.562. The van der Waals surface area contributed by atoms with Gasteiger partial charge in [0.1, 0.15) is 5.75 Å². The van der Waals surface area contributed by atoms with Crippen molar-refractivity contribution in [1.82, 2.24) is 5.32 Å². The zero-order valence-electron chi connectivity index (χ0n) is 12.6. The number of nitrogens with one attached hydrogen (secondary N) is 1. The molecule has 1 heterocycles. The molecule has 110 valence electrons. The first-order chi connectivity index (χ1) is 9.69. The van der Waals surface area contributed by atoms with E-state index in [-0.39, 0.29) is 0 Å². The van der Waals surface area contributed by atoms with E-state index in [1.165, 1.54) is 17.7 Å². The van der Waals surface area contributed by atoms with Gasteiger partial charge < -0.3 is 10.1 Å². The Morgan fingerprint density at radius 3 is 3.05 bits per heavy atom. The normalized spacial score (nSPS) is 21.0. The summed E-state index contributed by atoms with van der Waals surface area (Å²) in [5.74, 6) is 2.76. The predicted octanol–water partition coefficient (Wildman–Crippen LogP) is 3.34. The molecule has 1 aliphatic heterocycles. The second-order valence-electron chi connectivity index (χ2n) is 5.42. The van der Waals surface area contributed by atoms with Crippen molar-refractivity contribution in [1.29, 1.82) is 0 Å². The largest absolute Gasteiger partial charge is 0.497 e. The molecule has 3 nitrogen and oxygen atoms in total. The lowest BCUT2D eigenvalue weighted by Crippen LogP contribution is -2.41. The Kier molecular flexibility index (Phi) is 5.77. The topological polar surface area (TPSA) is 33.6 Å². The average Bonchev–Trinajstić information content (AvgIpc) is 2.48. The number of hydrogen-bond acceptors (Lipinski definition) is 3. The third-order valence-electron chi connectivity index (χ3n) is 3.57. The van der Waals surface area contributed by atoms with Crippen molar-refractivity contribution in [3.63, 3.8) is 0 Å². The molecular formula is C16H24N2OS. The molecule has 1 aromatic rings. The summed E-state index contributed by atoms with van der Waals surface area (Å²) < 4.78 is 5.24. The number of methoxy groups -OCH3 is 1. The van der Waals surface area contributed by atoms with E-state index in [0.29, 0.717) is 12.0 Å². The monoisotopic (exact) mass is 292 g/mol. The molecule has 1 fully saturated rings. The number of hydrogen-bond donors (Lipinski definition) is 1. The van der Waals surface area contributed by atoms with Gasteiger partial charge in [0.2, 0.25) is 0 Å². The van der Waals surface area contributed by atoms with Crippen molar-refractivity contribution in [2.75, 3.05) is 19.4 Å². The fourth-order valence-electron chi connectivity index (χ4n) is 2.26. The number of ether oxygens (including phenoxy) is 1. The number of amidine groups is 1. The minimum atomic E-state index is 0.576. The molecule has 1 saturated heterocycles. The van der Waals surface area contributed by atoms with Gasteiger partial charge in [-0.05, 0) is 36.5 Å². The smallest absolute Gasteiger partial charge is 0.156 e. The first-order valence-electron chi connectivity index (χ1n) is 7.25. The average molecular weight is 292 g/mol. The summed E-state index contributed by atoms with van der Waals surface area (Å²) in [6.45, 7) is 5.36. The second kappa shape index (κ2) is 7.58. The highest BCUT2D eigenvalue weighted by molar-refractivity contribution is 8.13. The SMILES string of the molecule is COc1cccc(CCN=C2NC(C(C)C)CCS2)c1. The Morgan fingerprint density at radius 1 is 1.45 bits per heavy atom. The van der Waals surface area contributed by atoms with Crippen molar-refractivity contribution in [3.8, 4) is 5.75 Å². The van der Waals surface area contributed by atoms with Crippen LogP contribution >= 0.6 is 11.8 Å². The van der Waals surface area contributed by atoms with Crippen molar-refractivity contribution in [2.45, 2.75) is 32.7 Å². The maximum atomic E-state index is 5.24. The lowest BCUT2D eigenvalue weighted by Gasteiger charge is -2.28. The Hall–Kier alpha value is -1.16. The highest BCUT2D eigenvalue weighted by atomic mass is 32.2. The number of rotatable bonds is 5. The van der Waals surface area contributed by atoms with Crippen LogP contribution in [0.2, 0.25) is 0 Å². The van der Waals surface area contributed by atoms with E-state index in [2.05, 4.69) is 31.3 Å². The second-order valence-corrected chi connectivity index (χ2v) is 6.50. The molecule has 0 bridgehead atoms. The lowest BCUT2D eigenvalue weighted by atomic mass is 10.0. The molecule has 0 spiro atoms. The Bertz CT molecular complexity index is 460. The lowest BCUT2D eigenvalue weighted by molar-refractivity contribution is 0.414. The van der Waals surface area contributed by atoms with Crippen LogP contribution in [-0.2, 0) is 6.42 Å². The maximum Gasteiger partial charge on any atom is 0.156 e. The predicted molar refractivity (Wildman–Crippen MR) is 87.8 cm³/mol. The summed E-state index contributed by atoms with van der Waals surface area (Å²) in [5.41, 5.74) is 1.27. The van der Waals surface area contributed by atoms with E-state index >= 15 is 0 Å². The van der Waals surface area contributed by atoms with Gasteiger partial charge in [-0.3, -0.25) is 4.99 Å². The highest BCUT2D eigenvalue weighted by Crippen LogP contribution is 2.19. The highest BCUT2D eigenvalue weighted by Gasteiger charge is 2.19. The van der Waals surface area contributed by atoms with Gasteiger partial charge in [-0.1, -0.05) is 37.7 Å². The molecular weight excluding hydrogens is 268 g/mol. The molecule has 1 unspecified atom stereocenters. The number of thioether (sulfide) groups is 1. The van der Waals surface area contributed by atoms with Gasteiger partial charge in [0.25, 0.3) is 0 Å². The van der Waals surface area contributed by atoms with Crippen LogP contribution in [-0.4, -0.2) is 30.6 Å². The summed E-state index contributed by atoms with van der Waals surface area (Å²) >= 11 is 1.84. The summed E-state index contributed by atoms with van der Waals surface area (Å²) in [6.07, 6.45) is 2.19. The van der Waals surface area contributed by atoms with Crippen LogP contribution in [0.15, 0.2) is 29.3 Å². The van der Waals surface area contributed by atoms with Crippen LogP contribution in [0.3, 0.4) is 0 Å². The van der Waals surface area contributed by atoms with Gasteiger partial charge in [-0.2, -0.15) is 0 Å². The first-order valence-corrected chi connectivity index (χ1v) is 8.24. The van der Waals surface area contributed by atoms with E-state index in [0.717, 1.165) is 23.9 Å². The van der Waals surface area contributed by atoms with Crippen LogP contribution in [0.4, 0.5) is 0 Å². The Labute approximate surface area is 126 Å². The van der Waals surface area contributed by atoms with Gasteiger partial charge in [0.05, 0.1) is 7.11 Å². The Balaban J connectivity index is 1.86. The standard InChI is InChI=1S/C16H24N2OS/c1-12(2)15-8-10-20-16(18-15)17-9-7-13-5-4-6-14(11-13)19-3/h4-6,11-12,15H,7-10H2,1-3H3,(H,17,18). The molecule has 1 aliphatic rings. The fourth-order valence-corrected chi connectivity index (χ4v) is 3.24. The molecule has 0 aromatic heterocycles. The molecule has 0 aliphatic carbocycles. The summed E-state index contributed by atoms with van der Waals surface area (Å²) in [5, 5.41) is 4.66. The molecule has 2 rings (SSSR count). The van der Waals surface area contributed by atoms with Gasteiger partial charge in [-0.15, -0.1) is 0 Å². The van der Waals surface area contributed by atoms with Crippen molar-refractivity contribution in [2.24, 2.45) is 10.9 Å². The molecule has 0 saturated carbocycles. The minimum Gasteiger partial charge on any atom is -0.497 e. The molecule has 0 radical (unpaired) electrons. The van der Waals surface area contributed by atoms with Gasteiger partial charge in [-0.25, -0.2) is 0 Å². The Morgan fingerprint density at radius 2 is 2.30 bits per heavy atom. The van der Waals surface area contributed by atoms with Crippen molar-refractivity contribution >= 4 is 16.9 Å². The molecule has 1 aromatic carbocycles. The van der Waals surface area contributed by atoms with Crippen LogP contribution in [0.1, 0.15) is 25.8 Å². The maximum absolute atomic E-state index is 5.24. The zero-order chi connectivity index (χ0) is 14.4. The van der Waals surface area contributed by atoms with Gasteiger partial charge in [0, 0.05) is 18.3 Å². The zero-order valence-corrected chi connectivity index (χ0v) is 13.4. The van der Waals surface area contributed by atoms with Crippen LogP contribution in [0.5, 0.6) is 5.75 Å². The van der Waals surface area contributed by atoms with Crippen LogP contribution in [0, 0.1) is 5.92 Å². The number of benzene rings is 1. The third-order valence-corrected chi connectivity index (χ3v) is 4.53. The van der Waals surface area contributed by atoms with Crippen LogP contribution < -0.4 is 10.1 Å². The van der Waals surface area contributed by atoms with Gasteiger partial charge in [0.15, 0.2) is 5.17 Å². The van der Waals surface area contributed by atoms with Crippen LogP contribution in [0.25, 0.3) is 0 Å². The van der Waals surface area contributed by atoms with E-state index in [4.69, 9.17) is 9.73 Å². The minimum absolute atomic E-state index is 0.576. The molecule has 0 amide bonds. The molecule has 1 N–H and O–H groups in total. The molecule has 1 atom stereocenters. The van der Waals surface area contributed by atoms with Gasteiger partial charge >= 0.3 is 0 Å².